The second-order valence-corrected chi connectivity index (χ2v) is 6.36. The molecule has 1 aromatic heterocycles. The van der Waals surface area contributed by atoms with Crippen LogP contribution >= 0.6 is 11.6 Å². The number of rotatable bonds is 5. The Bertz CT molecular complexity index is 472. The van der Waals surface area contributed by atoms with Gasteiger partial charge in [0.1, 0.15) is 5.82 Å². The van der Waals surface area contributed by atoms with Gasteiger partial charge in [-0.05, 0) is 24.0 Å². The molecule has 0 saturated carbocycles. The van der Waals surface area contributed by atoms with Crippen molar-refractivity contribution in [3.8, 4) is 0 Å². The molecule has 1 aromatic rings. The van der Waals surface area contributed by atoms with E-state index in [1.165, 1.54) is 0 Å². The van der Waals surface area contributed by atoms with Gasteiger partial charge in [0.15, 0.2) is 0 Å². The molecule has 3 heteroatoms. The van der Waals surface area contributed by atoms with Gasteiger partial charge >= 0.3 is 0 Å². The number of hydrogen-bond acceptors (Lipinski definition) is 2. The van der Waals surface area contributed by atoms with Crippen LogP contribution in [0.15, 0.2) is 37.1 Å². The smallest absolute Gasteiger partial charge is 0.132 e. The molecule has 0 radical (unpaired) electrons. The first-order valence-electron chi connectivity index (χ1n) is 6.42. The molecule has 0 atom stereocenters. The monoisotopic (exact) mass is 278 g/mol. The van der Waals surface area contributed by atoms with Crippen molar-refractivity contribution in [2.24, 2.45) is 5.41 Å². The van der Waals surface area contributed by atoms with E-state index in [1.54, 1.807) is 0 Å². The molecule has 0 aliphatic carbocycles. The van der Waals surface area contributed by atoms with E-state index in [2.05, 4.69) is 38.9 Å². The predicted octanol–water partition coefficient (Wildman–Crippen LogP) is 4.85. The lowest BCUT2D eigenvalue weighted by Crippen LogP contribution is -2.21. The summed E-state index contributed by atoms with van der Waals surface area (Å²) in [7, 11) is 1.99. The van der Waals surface area contributed by atoms with Crippen LogP contribution in [-0.4, -0.2) is 12.0 Å². The van der Waals surface area contributed by atoms with Crippen molar-refractivity contribution in [1.29, 1.82) is 0 Å². The van der Waals surface area contributed by atoms with Crippen LogP contribution in [0.25, 0.3) is 0 Å². The van der Waals surface area contributed by atoms with Gasteiger partial charge in [-0.25, -0.2) is 4.98 Å². The summed E-state index contributed by atoms with van der Waals surface area (Å²) < 4.78 is 0. The van der Waals surface area contributed by atoms with Crippen LogP contribution in [0.5, 0.6) is 0 Å². The van der Waals surface area contributed by atoms with E-state index in [0.29, 0.717) is 11.4 Å². The molecule has 0 aromatic carbocycles. The minimum Gasteiger partial charge on any atom is -0.334 e. The van der Waals surface area contributed by atoms with Gasteiger partial charge in [-0.3, -0.25) is 0 Å². The summed E-state index contributed by atoms with van der Waals surface area (Å²) in [4.78, 5) is 6.60. The van der Waals surface area contributed by atoms with E-state index in [0.717, 1.165) is 23.6 Å². The molecule has 2 nitrogen and oxygen atoms in total. The molecule has 0 fully saturated rings. The highest BCUT2D eigenvalue weighted by Gasteiger charge is 2.16. The minimum absolute atomic E-state index is 0.210. The quantitative estimate of drug-likeness (QED) is 0.716. The summed E-state index contributed by atoms with van der Waals surface area (Å²) >= 11 is 6.11. The van der Waals surface area contributed by atoms with Gasteiger partial charge in [-0.15, -0.1) is 6.58 Å². The first kappa shape index (κ1) is 15.8. The Balaban J connectivity index is 2.93. The Labute approximate surface area is 121 Å². The Morgan fingerprint density at radius 1 is 1.42 bits per heavy atom. The molecule has 0 N–H and O–H groups in total. The van der Waals surface area contributed by atoms with Gasteiger partial charge in [-0.1, -0.05) is 45.0 Å². The van der Waals surface area contributed by atoms with Crippen molar-refractivity contribution in [2.75, 3.05) is 11.9 Å². The zero-order valence-electron chi connectivity index (χ0n) is 12.3. The van der Waals surface area contributed by atoms with Gasteiger partial charge in [0.25, 0.3) is 0 Å². The number of pyridine rings is 1. The van der Waals surface area contributed by atoms with Gasteiger partial charge < -0.3 is 4.90 Å². The average Bonchev–Trinajstić information content (AvgIpc) is 2.29. The third-order valence-electron chi connectivity index (χ3n) is 2.79. The fraction of sp³-hybridized carbons (Fsp3) is 0.438. The van der Waals surface area contributed by atoms with Crippen molar-refractivity contribution in [3.05, 3.63) is 47.8 Å². The van der Waals surface area contributed by atoms with Crippen LogP contribution in [0.4, 0.5) is 5.82 Å². The first-order chi connectivity index (χ1) is 8.74. The fourth-order valence-corrected chi connectivity index (χ4v) is 2.01. The maximum absolute atomic E-state index is 6.11. The topological polar surface area (TPSA) is 16.1 Å². The summed E-state index contributed by atoms with van der Waals surface area (Å²) in [5, 5.41) is 0.679. The average molecular weight is 279 g/mol. The van der Waals surface area contributed by atoms with Crippen molar-refractivity contribution in [3.63, 3.8) is 0 Å². The number of nitrogens with zero attached hydrogens (tertiary/aromatic N) is 2. The lowest BCUT2D eigenvalue weighted by Gasteiger charge is -2.27. The fourth-order valence-electron chi connectivity index (χ4n) is 1.83. The Morgan fingerprint density at radius 2 is 2.05 bits per heavy atom. The Hall–Kier alpha value is -1.28. The number of hydrogen-bond donors (Lipinski definition) is 0. The molecule has 1 heterocycles. The molecule has 19 heavy (non-hydrogen) atoms. The van der Waals surface area contributed by atoms with E-state index < -0.39 is 0 Å². The Kier molecular flexibility index (Phi) is 5.19. The van der Waals surface area contributed by atoms with Crippen LogP contribution in [0.3, 0.4) is 0 Å². The number of aromatic nitrogens is 1. The maximum atomic E-state index is 6.11. The van der Waals surface area contributed by atoms with Crippen molar-refractivity contribution in [2.45, 2.75) is 33.6 Å². The largest absolute Gasteiger partial charge is 0.334 e. The molecule has 0 aliphatic heterocycles. The van der Waals surface area contributed by atoms with Gasteiger partial charge in [0.05, 0.1) is 10.7 Å². The van der Waals surface area contributed by atoms with Gasteiger partial charge in [0.2, 0.25) is 0 Å². The summed E-state index contributed by atoms with van der Waals surface area (Å²) in [6.07, 6.45) is 3.40. The van der Waals surface area contributed by atoms with E-state index >= 15 is 0 Å². The molecular weight excluding hydrogens is 256 g/mol. The highest BCUT2D eigenvalue weighted by molar-refractivity contribution is 6.31. The summed E-state index contributed by atoms with van der Waals surface area (Å²) in [5.41, 5.74) is 2.11. The van der Waals surface area contributed by atoms with Gasteiger partial charge in [-0.2, -0.15) is 0 Å². The lowest BCUT2D eigenvalue weighted by atomic mass is 9.90. The highest BCUT2D eigenvalue weighted by Crippen LogP contribution is 2.28. The zero-order valence-corrected chi connectivity index (χ0v) is 13.1. The van der Waals surface area contributed by atoms with E-state index in [1.807, 2.05) is 30.2 Å². The molecule has 1 rings (SSSR count). The van der Waals surface area contributed by atoms with Crippen LogP contribution in [0, 0.1) is 5.41 Å². The summed E-state index contributed by atoms with van der Waals surface area (Å²) in [6, 6.07) is 3.80. The predicted molar refractivity (Wildman–Crippen MR) is 84.8 cm³/mol. The number of halogens is 1. The third-order valence-corrected chi connectivity index (χ3v) is 3.14. The summed E-state index contributed by atoms with van der Waals surface area (Å²) in [5.74, 6) is 0.871. The molecular formula is C16H23ClN2. The van der Waals surface area contributed by atoms with E-state index in [4.69, 9.17) is 11.6 Å². The van der Waals surface area contributed by atoms with Crippen LogP contribution in [0.2, 0.25) is 5.02 Å². The number of anilines is 1. The van der Waals surface area contributed by atoms with Crippen molar-refractivity contribution >= 4 is 17.4 Å². The standard InChI is InChI=1S/C16H23ClN2/c1-7-8-14-13(17)9-10-15(18-14)19(6)12(2)11-16(3,4)5/h7,9-10H,1-2,8,11H2,3-6H3. The molecule has 0 aliphatic rings. The van der Waals surface area contributed by atoms with Crippen LogP contribution in [0.1, 0.15) is 32.9 Å². The van der Waals surface area contributed by atoms with Gasteiger partial charge in [0, 0.05) is 19.2 Å². The normalized spacial score (nSPS) is 11.2. The van der Waals surface area contributed by atoms with E-state index in [-0.39, 0.29) is 5.41 Å². The molecule has 0 bridgehead atoms. The SMILES string of the molecule is C=CCc1nc(N(C)C(=C)CC(C)(C)C)ccc1Cl. The van der Waals surface area contributed by atoms with Crippen molar-refractivity contribution in [1.82, 2.24) is 4.98 Å². The highest BCUT2D eigenvalue weighted by atomic mass is 35.5. The maximum Gasteiger partial charge on any atom is 0.132 e. The van der Waals surface area contributed by atoms with E-state index in [9.17, 15) is 0 Å². The summed E-state index contributed by atoms with van der Waals surface area (Å²) in [6.45, 7) is 14.5. The van der Waals surface area contributed by atoms with Crippen LogP contribution < -0.4 is 4.90 Å². The lowest BCUT2D eigenvalue weighted by molar-refractivity contribution is 0.406. The second kappa shape index (κ2) is 6.25. The zero-order chi connectivity index (χ0) is 14.6. The molecule has 0 unspecified atom stereocenters. The Morgan fingerprint density at radius 3 is 2.58 bits per heavy atom. The van der Waals surface area contributed by atoms with Crippen LogP contribution in [-0.2, 0) is 6.42 Å². The first-order valence-corrected chi connectivity index (χ1v) is 6.80. The van der Waals surface area contributed by atoms with Crippen molar-refractivity contribution < 1.29 is 0 Å². The molecule has 104 valence electrons. The molecule has 0 spiro atoms. The molecule has 0 saturated heterocycles. The number of allylic oxidation sites excluding steroid dienone is 2. The second-order valence-electron chi connectivity index (χ2n) is 5.95. The minimum atomic E-state index is 0.210. The third kappa shape index (κ3) is 4.71. The molecule has 0 amide bonds.